The lowest BCUT2D eigenvalue weighted by atomic mass is 10.0. The van der Waals surface area contributed by atoms with Crippen LogP contribution in [0.1, 0.15) is 19.4 Å². The third-order valence-electron chi connectivity index (χ3n) is 2.78. The van der Waals surface area contributed by atoms with Crippen LogP contribution in [0.5, 0.6) is 0 Å². The van der Waals surface area contributed by atoms with Gasteiger partial charge in [0, 0.05) is 0 Å². The molecule has 4 heteroatoms. The Kier molecular flexibility index (Phi) is 4.60. The van der Waals surface area contributed by atoms with E-state index in [9.17, 15) is 0 Å². The first-order valence-electron chi connectivity index (χ1n) is 6.73. The molecular formula is C16H18N4. The quantitative estimate of drug-likeness (QED) is 0.711. The van der Waals surface area contributed by atoms with Gasteiger partial charge >= 0.3 is 0 Å². The molecule has 0 aliphatic rings. The van der Waals surface area contributed by atoms with Crippen LogP contribution in [0, 0.1) is 6.92 Å². The van der Waals surface area contributed by atoms with E-state index in [0.29, 0.717) is 0 Å². The smallest absolute Gasteiger partial charge is 0.143 e. The van der Waals surface area contributed by atoms with Crippen molar-refractivity contribution in [3.63, 3.8) is 0 Å². The van der Waals surface area contributed by atoms with Crippen LogP contribution in [0.25, 0.3) is 16.8 Å². The van der Waals surface area contributed by atoms with E-state index in [2.05, 4.69) is 52.8 Å². The Morgan fingerprint density at radius 1 is 0.900 bits per heavy atom. The SMILES string of the molecule is CC.Cc1cc(-c2ccccc2)cc(-n2cnnn2)c1. The first-order chi connectivity index (χ1) is 9.83. The molecule has 1 heterocycles. The summed E-state index contributed by atoms with van der Waals surface area (Å²) < 4.78 is 1.67. The third-order valence-corrected chi connectivity index (χ3v) is 2.78. The Morgan fingerprint density at radius 2 is 1.65 bits per heavy atom. The topological polar surface area (TPSA) is 43.6 Å². The summed E-state index contributed by atoms with van der Waals surface area (Å²) in [6, 6.07) is 16.6. The van der Waals surface area contributed by atoms with Crippen molar-refractivity contribution in [2.24, 2.45) is 0 Å². The van der Waals surface area contributed by atoms with Gasteiger partial charge in [-0.1, -0.05) is 50.2 Å². The molecule has 1 aromatic heterocycles. The summed E-state index contributed by atoms with van der Waals surface area (Å²) in [5.74, 6) is 0. The lowest BCUT2D eigenvalue weighted by Crippen LogP contribution is -1.96. The van der Waals surface area contributed by atoms with E-state index >= 15 is 0 Å². The molecule has 0 amide bonds. The van der Waals surface area contributed by atoms with Crippen molar-refractivity contribution in [1.82, 2.24) is 20.2 Å². The minimum Gasteiger partial charge on any atom is -0.201 e. The van der Waals surface area contributed by atoms with Crippen molar-refractivity contribution >= 4 is 0 Å². The van der Waals surface area contributed by atoms with E-state index in [1.165, 1.54) is 16.7 Å². The second-order valence-electron chi connectivity index (χ2n) is 4.18. The van der Waals surface area contributed by atoms with Gasteiger partial charge in [-0.15, -0.1) is 5.10 Å². The summed E-state index contributed by atoms with van der Waals surface area (Å²) in [6.45, 7) is 6.07. The highest BCUT2D eigenvalue weighted by Crippen LogP contribution is 2.23. The fraction of sp³-hybridized carbons (Fsp3) is 0.188. The van der Waals surface area contributed by atoms with E-state index in [1.807, 2.05) is 32.0 Å². The average molecular weight is 266 g/mol. The molecule has 0 spiro atoms. The maximum atomic E-state index is 3.92. The summed E-state index contributed by atoms with van der Waals surface area (Å²) in [7, 11) is 0. The van der Waals surface area contributed by atoms with Gasteiger partial charge < -0.3 is 0 Å². The zero-order valence-electron chi connectivity index (χ0n) is 12.0. The predicted octanol–water partition coefficient (Wildman–Crippen LogP) is 3.66. The molecule has 0 unspecified atom stereocenters. The molecule has 0 bridgehead atoms. The maximum absolute atomic E-state index is 3.92. The molecule has 4 nitrogen and oxygen atoms in total. The number of benzene rings is 2. The number of aromatic nitrogens is 4. The van der Waals surface area contributed by atoms with Gasteiger partial charge in [-0.05, 0) is 46.2 Å². The molecule has 0 fully saturated rings. The van der Waals surface area contributed by atoms with E-state index in [4.69, 9.17) is 0 Å². The van der Waals surface area contributed by atoms with E-state index < -0.39 is 0 Å². The van der Waals surface area contributed by atoms with Gasteiger partial charge in [0.15, 0.2) is 0 Å². The molecule has 3 aromatic rings. The molecule has 20 heavy (non-hydrogen) atoms. The molecule has 102 valence electrons. The van der Waals surface area contributed by atoms with Crippen LogP contribution in [0.15, 0.2) is 54.9 Å². The van der Waals surface area contributed by atoms with E-state index in [1.54, 1.807) is 11.0 Å². The lowest BCUT2D eigenvalue weighted by molar-refractivity contribution is 0.789. The van der Waals surface area contributed by atoms with Crippen molar-refractivity contribution in [1.29, 1.82) is 0 Å². The molecule has 0 atom stereocenters. The molecule has 0 N–H and O–H groups in total. The second-order valence-corrected chi connectivity index (χ2v) is 4.18. The van der Waals surface area contributed by atoms with Gasteiger partial charge in [0.2, 0.25) is 0 Å². The summed E-state index contributed by atoms with van der Waals surface area (Å²) in [4.78, 5) is 0. The van der Waals surface area contributed by atoms with Gasteiger partial charge in [0.25, 0.3) is 0 Å². The Morgan fingerprint density at radius 3 is 2.30 bits per heavy atom. The van der Waals surface area contributed by atoms with Crippen molar-refractivity contribution in [2.75, 3.05) is 0 Å². The van der Waals surface area contributed by atoms with E-state index in [-0.39, 0.29) is 0 Å². The van der Waals surface area contributed by atoms with Crippen molar-refractivity contribution in [2.45, 2.75) is 20.8 Å². The molecule has 0 saturated carbocycles. The third kappa shape index (κ3) is 3.09. The molecule has 0 saturated heterocycles. The van der Waals surface area contributed by atoms with Crippen LogP contribution in [0.3, 0.4) is 0 Å². The fourth-order valence-corrected chi connectivity index (χ4v) is 1.97. The van der Waals surface area contributed by atoms with Crippen molar-refractivity contribution < 1.29 is 0 Å². The Hall–Kier alpha value is -2.49. The Balaban J connectivity index is 0.000000704. The summed E-state index contributed by atoms with van der Waals surface area (Å²) in [5, 5.41) is 11.2. The van der Waals surface area contributed by atoms with Gasteiger partial charge in [0.1, 0.15) is 6.33 Å². The lowest BCUT2D eigenvalue weighted by Gasteiger charge is -2.07. The normalized spacial score (nSPS) is 9.75. The van der Waals surface area contributed by atoms with E-state index in [0.717, 1.165) is 5.69 Å². The van der Waals surface area contributed by atoms with Gasteiger partial charge in [-0.25, -0.2) is 4.68 Å². The molecule has 3 rings (SSSR count). The highest BCUT2D eigenvalue weighted by Gasteiger charge is 2.03. The zero-order valence-corrected chi connectivity index (χ0v) is 12.0. The summed E-state index contributed by atoms with van der Waals surface area (Å²) >= 11 is 0. The van der Waals surface area contributed by atoms with Crippen LogP contribution in [0.4, 0.5) is 0 Å². The number of aryl methyl sites for hydroxylation is 1. The monoisotopic (exact) mass is 266 g/mol. The first-order valence-corrected chi connectivity index (χ1v) is 6.73. The predicted molar refractivity (Wildman–Crippen MR) is 80.7 cm³/mol. The first kappa shape index (κ1) is 13.9. The number of hydrogen-bond acceptors (Lipinski definition) is 3. The van der Waals surface area contributed by atoms with Gasteiger partial charge in [0.05, 0.1) is 5.69 Å². The fourth-order valence-electron chi connectivity index (χ4n) is 1.97. The number of tetrazole rings is 1. The molecule has 0 radical (unpaired) electrons. The standard InChI is InChI=1S/C14H12N4.C2H6/c1-11-7-13(12-5-3-2-4-6-12)9-14(8-11)18-10-15-16-17-18;1-2/h2-10H,1H3;1-2H3. The molecule has 2 aromatic carbocycles. The van der Waals surface area contributed by atoms with Crippen molar-refractivity contribution in [3.8, 4) is 16.8 Å². The minimum atomic E-state index is 0.971. The number of hydrogen-bond donors (Lipinski definition) is 0. The highest BCUT2D eigenvalue weighted by molar-refractivity contribution is 5.66. The largest absolute Gasteiger partial charge is 0.201 e. The molecular weight excluding hydrogens is 248 g/mol. The average Bonchev–Trinajstić information content (AvgIpc) is 3.04. The number of rotatable bonds is 2. The van der Waals surface area contributed by atoms with Crippen molar-refractivity contribution in [3.05, 3.63) is 60.4 Å². The number of nitrogens with zero attached hydrogens (tertiary/aromatic N) is 4. The summed E-state index contributed by atoms with van der Waals surface area (Å²) in [6.07, 6.45) is 1.60. The Bertz CT molecular complexity index is 646. The Labute approximate surface area is 119 Å². The van der Waals surface area contributed by atoms with Crippen LogP contribution >= 0.6 is 0 Å². The van der Waals surface area contributed by atoms with Gasteiger partial charge in [-0.3, -0.25) is 0 Å². The van der Waals surface area contributed by atoms with Crippen LogP contribution in [-0.2, 0) is 0 Å². The van der Waals surface area contributed by atoms with Crippen LogP contribution < -0.4 is 0 Å². The molecule has 0 aliphatic heterocycles. The van der Waals surface area contributed by atoms with Crippen LogP contribution in [-0.4, -0.2) is 20.2 Å². The highest BCUT2D eigenvalue weighted by atomic mass is 15.5. The minimum absolute atomic E-state index is 0.971. The summed E-state index contributed by atoms with van der Waals surface area (Å²) in [5.41, 5.74) is 4.51. The maximum Gasteiger partial charge on any atom is 0.143 e. The van der Waals surface area contributed by atoms with Crippen LogP contribution in [0.2, 0.25) is 0 Å². The van der Waals surface area contributed by atoms with Gasteiger partial charge in [-0.2, -0.15) is 0 Å². The zero-order chi connectivity index (χ0) is 14.4. The second kappa shape index (κ2) is 6.61. The molecule has 0 aliphatic carbocycles.